The zero-order chi connectivity index (χ0) is 14.3. The minimum atomic E-state index is -1.04. The summed E-state index contributed by atoms with van der Waals surface area (Å²) in [5.74, 6) is -1.32. The lowest BCUT2D eigenvalue weighted by Crippen LogP contribution is -2.42. The first-order chi connectivity index (χ1) is 9.10. The molecule has 1 amide bonds. The largest absolute Gasteiger partial charge is 0.480 e. The van der Waals surface area contributed by atoms with Crippen LogP contribution in [0.4, 0.5) is 0 Å². The van der Waals surface area contributed by atoms with Crippen molar-refractivity contribution in [3.8, 4) is 0 Å². The fourth-order valence-corrected chi connectivity index (χ4v) is 2.01. The Labute approximate surface area is 113 Å². The number of aliphatic carboxylic acids is 1. The SMILES string of the molecule is CCN(CC)C(C(=O)NCC(=O)O)c1ccccc1. The molecule has 0 saturated carbocycles. The molecule has 19 heavy (non-hydrogen) atoms. The number of carboxylic acids is 1. The summed E-state index contributed by atoms with van der Waals surface area (Å²) in [5.41, 5.74) is 0.870. The van der Waals surface area contributed by atoms with Crippen LogP contribution in [-0.4, -0.2) is 41.5 Å². The Morgan fingerprint density at radius 2 is 1.79 bits per heavy atom. The van der Waals surface area contributed by atoms with Crippen molar-refractivity contribution in [3.05, 3.63) is 35.9 Å². The Bertz CT molecular complexity index is 416. The predicted octanol–water partition coefficient (Wildman–Crippen LogP) is 1.27. The number of amides is 1. The van der Waals surface area contributed by atoms with Crippen LogP contribution in [-0.2, 0) is 9.59 Å². The first-order valence-corrected chi connectivity index (χ1v) is 6.38. The lowest BCUT2D eigenvalue weighted by atomic mass is 10.0. The number of rotatable bonds is 7. The fourth-order valence-electron chi connectivity index (χ4n) is 2.01. The van der Waals surface area contributed by atoms with Gasteiger partial charge in [-0.15, -0.1) is 0 Å². The molecule has 0 aliphatic carbocycles. The van der Waals surface area contributed by atoms with Gasteiger partial charge in [0.2, 0.25) is 5.91 Å². The molecular formula is C14H20N2O3. The number of carbonyl (C=O) groups excluding carboxylic acids is 1. The van der Waals surface area contributed by atoms with E-state index in [9.17, 15) is 9.59 Å². The van der Waals surface area contributed by atoms with Crippen LogP contribution in [0, 0.1) is 0 Å². The van der Waals surface area contributed by atoms with Crippen molar-refractivity contribution < 1.29 is 14.7 Å². The molecule has 2 N–H and O–H groups in total. The van der Waals surface area contributed by atoms with Crippen molar-refractivity contribution in [2.45, 2.75) is 19.9 Å². The molecule has 0 aliphatic heterocycles. The summed E-state index contributed by atoms with van der Waals surface area (Å²) in [4.78, 5) is 24.7. The first-order valence-electron chi connectivity index (χ1n) is 6.38. The van der Waals surface area contributed by atoms with Gasteiger partial charge in [0.25, 0.3) is 0 Å². The second kappa shape index (κ2) is 7.53. The Kier molecular flexibility index (Phi) is 6.02. The van der Waals surface area contributed by atoms with Crippen LogP contribution in [0.2, 0.25) is 0 Å². The molecule has 0 fully saturated rings. The summed E-state index contributed by atoms with van der Waals surface area (Å²) < 4.78 is 0. The summed E-state index contributed by atoms with van der Waals surface area (Å²) in [5, 5.41) is 11.1. The van der Waals surface area contributed by atoms with E-state index in [1.165, 1.54) is 0 Å². The number of hydrogen-bond acceptors (Lipinski definition) is 3. The molecule has 0 spiro atoms. The predicted molar refractivity (Wildman–Crippen MR) is 72.7 cm³/mol. The topological polar surface area (TPSA) is 69.6 Å². The fraction of sp³-hybridized carbons (Fsp3) is 0.429. The van der Waals surface area contributed by atoms with Gasteiger partial charge in [-0.05, 0) is 18.7 Å². The van der Waals surface area contributed by atoms with Crippen LogP contribution in [0.15, 0.2) is 30.3 Å². The van der Waals surface area contributed by atoms with Crippen molar-refractivity contribution >= 4 is 11.9 Å². The first kappa shape index (κ1) is 15.2. The molecule has 1 rings (SSSR count). The van der Waals surface area contributed by atoms with Crippen molar-refractivity contribution in [1.82, 2.24) is 10.2 Å². The molecule has 1 aromatic carbocycles. The van der Waals surface area contributed by atoms with E-state index in [1.807, 2.05) is 49.1 Å². The summed E-state index contributed by atoms with van der Waals surface area (Å²) in [6, 6.07) is 8.94. The molecule has 5 nitrogen and oxygen atoms in total. The monoisotopic (exact) mass is 264 g/mol. The smallest absolute Gasteiger partial charge is 0.322 e. The van der Waals surface area contributed by atoms with Gasteiger partial charge in [-0.25, -0.2) is 0 Å². The lowest BCUT2D eigenvalue weighted by Gasteiger charge is -2.28. The van der Waals surface area contributed by atoms with Gasteiger partial charge < -0.3 is 10.4 Å². The number of carboxylic acid groups (broad SMARTS) is 1. The van der Waals surface area contributed by atoms with E-state index < -0.39 is 12.0 Å². The highest BCUT2D eigenvalue weighted by atomic mass is 16.4. The molecule has 0 aromatic heterocycles. The molecule has 1 aromatic rings. The third-order valence-electron chi connectivity index (χ3n) is 2.96. The number of likely N-dealkylation sites (N-methyl/N-ethyl adjacent to an activating group) is 1. The highest BCUT2D eigenvalue weighted by Gasteiger charge is 2.25. The quantitative estimate of drug-likeness (QED) is 0.778. The van der Waals surface area contributed by atoms with Gasteiger partial charge in [0.1, 0.15) is 12.6 Å². The number of carbonyl (C=O) groups is 2. The molecule has 1 atom stereocenters. The summed E-state index contributed by atoms with van der Waals surface area (Å²) in [6.45, 7) is 5.03. The van der Waals surface area contributed by atoms with E-state index in [4.69, 9.17) is 5.11 Å². The van der Waals surface area contributed by atoms with Crippen LogP contribution in [0.5, 0.6) is 0 Å². The molecule has 0 radical (unpaired) electrons. The van der Waals surface area contributed by atoms with E-state index in [0.717, 1.165) is 18.7 Å². The maximum absolute atomic E-state index is 12.2. The number of nitrogens with one attached hydrogen (secondary N) is 1. The van der Waals surface area contributed by atoms with Gasteiger partial charge in [-0.1, -0.05) is 44.2 Å². The molecular weight excluding hydrogens is 244 g/mol. The van der Waals surface area contributed by atoms with Gasteiger partial charge >= 0.3 is 5.97 Å². The normalized spacial score (nSPS) is 12.2. The maximum Gasteiger partial charge on any atom is 0.322 e. The van der Waals surface area contributed by atoms with Crippen molar-refractivity contribution in [1.29, 1.82) is 0 Å². The van der Waals surface area contributed by atoms with Gasteiger partial charge in [-0.2, -0.15) is 0 Å². The zero-order valence-corrected chi connectivity index (χ0v) is 11.3. The van der Waals surface area contributed by atoms with Crippen LogP contribution in [0.3, 0.4) is 0 Å². The molecule has 0 bridgehead atoms. The Balaban J connectivity index is 2.92. The van der Waals surface area contributed by atoms with Crippen LogP contribution in [0.25, 0.3) is 0 Å². The molecule has 1 unspecified atom stereocenters. The highest BCUT2D eigenvalue weighted by Crippen LogP contribution is 2.20. The number of benzene rings is 1. The van der Waals surface area contributed by atoms with E-state index in [-0.39, 0.29) is 12.5 Å². The van der Waals surface area contributed by atoms with E-state index >= 15 is 0 Å². The van der Waals surface area contributed by atoms with Crippen LogP contribution in [0.1, 0.15) is 25.5 Å². The molecule has 0 aliphatic rings. The third kappa shape index (κ3) is 4.37. The molecule has 5 heteroatoms. The van der Waals surface area contributed by atoms with Crippen LogP contribution < -0.4 is 5.32 Å². The van der Waals surface area contributed by atoms with Gasteiger partial charge in [0, 0.05) is 0 Å². The third-order valence-corrected chi connectivity index (χ3v) is 2.96. The standard InChI is InChI=1S/C14H20N2O3/c1-3-16(4-2)13(11-8-6-5-7-9-11)14(19)15-10-12(17)18/h5-9,13H,3-4,10H2,1-2H3,(H,15,19)(H,17,18). The number of hydrogen-bond donors (Lipinski definition) is 2. The van der Waals surface area contributed by atoms with Crippen molar-refractivity contribution in [3.63, 3.8) is 0 Å². The van der Waals surface area contributed by atoms with E-state index in [0.29, 0.717) is 0 Å². The molecule has 0 saturated heterocycles. The number of nitrogens with zero attached hydrogens (tertiary/aromatic N) is 1. The molecule has 104 valence electrons. The maximum atomic E-state index is 12.2. The van der Waals surface area contributed by atoms with Gasteiger partial charge in [0.05, 0.1) is 0 Å². The van der Waals surface area contributed by atoms with Gasteiger partial charge in [-0.3, -0.25) is 14.5 Å². The second-order valence-corrected chi connectivity index (χ2v) is 4.15. The average molecular weight is 264 g/mol. The Morgan fingerprint density at radius 3 is 2.26 bits per heavy atom. The average Bonchev–Trinajstić information content (AvgIpc) is 2.43. The van der Waals surface area contributed by atoms with Crippen molar-refractivity contribution in [2.75, 3.05) is 19.6 Å². The summed E-state index contributed by atoms with van der Waals surface area (Å²) >= 11 is 0. The lowest BCUT2D eigenvalue weighted by molar-refractivity contribution is -0.138. The van der Waals surface area contributed by atoms with E-state index in [2.05, 4.69) is 5.32 Å². The molecule has 0 heterocycles. The van der Waals surface area contributed by atoms with Crippen LogP contribution >= 0.6 is 0 Å². The summed E-state index contributed by atoms with van der Waals surface area (Å²) in [7, 11) is 0. The Morgan fingerprint density at radius 1 is 1.21 bits per heavy atom. The minimum Gasteiger partial charge on any atom is -0.480 e. The van der Waals surface area contributed by atoms with Gasteiger partial charge in [0.15, 0.2) is 0 Å². The summed E-state index contributed by atoms with van der Waals surface area (Å²) in [6.07, 6.45) is 0. The van der Waals surface area contributed by atoms with E-state index in [1.54, 1.807) is 0 Å². The van der Waals surface area contributed by atoms with Crippen molar-refractivity contribution in [2.24, 2.45) is 0 Å². The minimum absolute atomic E-state index is 0.280. The second-order valence-electron chi connectivity index (χ2n) is 4.15. The Hall–Kier alpha value is -1.88. The highest BCUT2D eigenvalue weighted by molar-refractivity contribution is 5.86. The zero-order valence-electron chi connectivity index (χ0n) is 11.3.